The number of hydrogen-bond donors (Lipinski definition) is 0. The maximum atomic E-state index is 12.9. The van der Waals surface area contributed by atoms with Gasteiger partial charge in [0.25, 0.3) is 0 Å². The first kappa shape index (κ1) is 14.2. The lowest BCUT2D eigenvalue weighted by atomic mass is 10.1. The molecule has 0 atom stereocenters. The zero-order chi connectivity index (χ0) is 13.4. The average molecular weight is 259 g/mol. The van der Waals surface area contributed by atoms with Crippen LogP contribution in [0.25, 0.3) is 0 Å². The molecule has 2 nitrogen and oxygen atoms in total. The standard InChI is InChI=1S/C10H14F5NO/c1-6(2)5-16(7-3-4-7)8(17)9(11,12)10(13,14)15/h6-7H,3-5H2,1-2H3. The van der Waals surface area contributed by atoms with E-state index >= 15 is 0 Å². The van der Waals surface area contributed by atoms with Crippen LogP contribution in [-0.4, -0.2) is 35.5 Å². The van der Waals surface area contributed by atoms with Gasteiger partial charge in [0.2, 0.25) is 0 Å². The molecule has 0 heterocycles. The molecule has 100 valence electrons. The van der Waals surface area contributed by atoms with Crippen LogP contribution in [0.3, 0.4) is 0 Å². The smallest absolute Gasteiger partial charge is 0.334 e. The van der Waals surface area contributed by atoms with Gasteiger partial charge in [-0.1, -0.05) is 13.8 Å². The summed E-state index contributed by atoms with van der Waals surface area (Å²) < 4.78 is 62.0. The average Bonchev–Trinajstić information content (AvgIpc) is 2.93. The molecule has 0 aliphatic heterocycles. The summed E-state index contributed by atoms with van der Waals surface area (Å²) in [5, 5.41) is 0. The molecule has 0 aromatic rings. The van der Waals surface area contributed by atoms with E-state index in [0.717, 1.165) is 0 Å². The molecule has 0 aromatic carbocycles. The SMILES string of the molecule is CC(C)CN(C(=O)C(F)(F)C(F)(F)F)C1CC1. The van der Waals surface area contributed by atoms with Gasteiger partial charge in [0.15, 0.2) is 0 Å². The summed E-state index contributed by atoms with van der Waals surface area (Å²) in [6.07, 6.45) is -4.84. The Kier molecular flexibility index (Phi) is 3.69. The van der Waals surface area contributed by atoms with Crippen LogP contribution in [0, 0.1) is 5.92 Å². The molecule has 0 radical (unpaired) electrons. The molecule has 0 unspecified atom stereocenters. The lowest BCUT2D eigenvalue weighted by Crippen LogP contribution is -2.53. The zero-order valence-electron chi connectivity index (χ0n) is 9.52. The van der Waals surface area contributed by atoms with Crippen LogP contribution in [0.4, 0.5) is 22.0 Å². The number of carbonyl (C=O) groups excluding carboxylic acids is 1. The molecule has 0 aromatic heterocycles. The number of alkyl halides is 5. The van der Waals surface area contributed by atoms with E-state index in [2.05, 4.69) is 0 Å². The van der Waals surface area contributed by atoms with Crippen LogP contribution in [0.5, 0.6) is 0 Å². The summed E-state index contributed by atoms with van der Waals surface area (Å²) in [5.41, 5.74) is 0. The Morgan fingerprint density at radius 1 is 1.24 bits per heavy atom. The second kappa shape index (κ2) is 4.42. The molecular weight excluding hydrogens is 245 g/mol. The molecule has 0 spiro atoms. The lowest BCUT2D eigenvalue weighted by molar-refractivity contribution is -0.274. The molecule has 17 heavy (non-hydrogen) atoms. The third kappa shape index (κ3) is 3.07. The number of amides is 1. The monoisotopic (exact) mass is 259 g/mol. The highest BCUT2D eigenvalue weighted by molar-refractivity contribution is 5.85. The van der Waals surface area contributed by atoms with Crippen LogP contribution in [0.2, 0.25) is 0 Å². The molecule has 0 N–H and O–H groups in total. The van der Waals surface area contributed by atoms with Crippen LogP contribution < -0.4 is 0 Å². The van der Waals surface area contributed by atoms with E-state index in [-0.39, 0.29) is 12.5 Å². The minimum absolute atomic E-state index is 0.0742. The number of hydrogen-bond acceptors (Lipinski definition) is 1. The predicted molar refractivity (Wildman–Crippen MR) is 50.6 cm³/mol. The molecule has 1 saturated carbocycles. The molecule has 1 aliphatic rings. The highest BCUT2D eigenvalue weighted by atomic mass is 19.4. The minimum Gasteiger partial charge on any atom is -0.334 e. The van der Waals surface area contributed by atoms with Crippen molar-refractivity contribution in [2.24, 2.45) is 5.92 Å². The zero-order valence-corrected chi connectivity index (χ0v) is 9.52. The second-order valence-electron chi connectivity index (χ2n) is 4.65. The Morgan fingerprint density at radius 2 is 1.71 bits per heavy atom. The fourth-order valence-corrected chi connectivity index (χ4v) is 1.48. The van der Waals surface area contributed by atoms with Gasteiger partial charge < -0.3 is 4.90 Å². The van der Waals surface area contributed by atoms with Crippen molar-refractivity contribution in [3.8, 4) is 0 Å². The fourth-order valence-electron chi connectivity index (χ4n) is 1.48. The van der Waals surface area contributed by atoms with Gasteiger partial charge in [-0.05, 0) is 18.8 Å². The third-order valence-electron chi connectivity index (χ3n) is 2.43. The summed E-state index contributed by atoms with van der Waals surface area (Å²) >= 11 is 0. The van der Waals surface area contributed by atoms with Crippen molar-refractivity contribution in [2.45, 2.75) is 44.8 Å². The topological polar surface area (TPSA) is 20.3 Å². The molecule has 1 rings (SSSR count). The Balaban J connectivity index is 2.84. The Labute approximate surface area is 95.8 Å². The summed E-state index contributed by atoms with van der Waals surface area (Å²) in [6.45, 7) is 3.25. The molecular formula is C10H14F5NO. The van der Waals surface area contributed by atoms with Crippen molar-refractivity contribution in [2.75, 3.05) is 6.54 Å². The van der Waals surface area contributed by atoms with Crippen LogP contribution in [-0.2, 0) is 4.79 Å². The van der Waals surface area contributed by atoms with Crippen molar-refractivity contribution in [1.82, 2.24) is 4.90 Å². The molecule has 1 amide bonds. The third-order valence-corrected chi connectivity index (χ3v) is 2.43. The van der Waals surface area contributed by atoms with Crippen molar-refractivity contribution in [1.29, 1.82) is 0 Å². The first-order valence-electron chi connectivity index (χ1n) is 5.33. The summed E-state index contributed by atoms with van der Waals surface area (Å²) in [7, 11) is 0. The first-order valence-corrected chi connectivity index (χ1v) is 5.33. The highest BCUT2D eigenvalue weighted by Gasteiger charge is 2.65. The summed E-state index contributed by atoms with van der Waals surface area (Å²) in [6, 6.07) is -0.460. The van der Waals surface area contributed by atoms with Gasteiger partial charge in [-0.2, -0.15) is 22.0 Å². The number of carbonyl (C=O) groups is 1. The molecule has 0 bridgehead atoms. The fraction of sp³-hybridized carbons (Fsp3) is 0.900. The summed E-state index contributed by atoms with van der Waals surface area (Å²) in [4.78, 5) is 11.9. The quantitative estimate of drug-likeness (QED) is 0.711. The van der Waals surface area contributed by atoms with E-state index < -0.39 is 24.0 Å². The Morgan fingerprint density at radius 3 is 2.00 bits per heavy atom. The van der Waals surface area contributed by atoms with Crippen LogP contribution >= 0.6 is 0 Å². The molecule has 1 aliphatic carbocycles. The maximum absolute atomic E-state index is 12.9. The highest BCUT2D eigenvalue weighted by Crippen LogP contribution is 2.39. The predicted octanol–water partition coefficient (Wildman–Crippen LogP) is 2.83. The number of rotatable bonds is 4. The van der Waals surface area contributed by atoms with Gasteiger partial charge in [0.1, 0.15) is 0 Å². The Hall–Kier alpha value is -0.880. The Bertz CT molecular complexity index is 296. The second-order valence-corrected chi connectivity index (χ2v) is 4.65. The van der Waals surface area contributed by atoms with Gasteiger partial charge in [-0.25, -0.2) is 0 Å². The van der Waals surface area contributed by atoms with Gasteiger partial charge in [0, 0.05) is 12.6 Å². The molecule has 0 saturated heterocycles. The van der Waals surface area contributed by atoms with E-state index in [1.807, 2.05) is 0 Å². The van der Waals surface area contributed by atoms with E-state index in [0.29, 0.717) is 17.7 Å². The molecule has 1 fully saturated rings. The van der Waals surface area contributed by atoms with Crippen molar-refractivity contribution in [3.63, 3.8) is 0 Å². The lowest BCUT2D eigenvalue weighted by Gasteiger charge is -2.29. The van der Waals surface area contributed by atoms with Gasteiger partial charge in [0.05, 0.1) is 0 Å². The summed E-state index contributed by atoms with van der Waals surface area (Å²) in [5.74, 6) is -7.56. The van der Waals surface area contributed by atoms with Gasteiger partial charge in [-0.15, -0.1) is 0 Å². The largest absolute Gasteiger partial charge is 0.463 e. The van der Waals surface area contributed by atoms with E-state index in [4.69, 9.17) is 0 Å². The van der Waals surface area contributed by atoms with Crippen LogP contribution in [0.1, 0.15) is 26.7 Å². The van der Waals surface area contributed by atoms with E-state index in [9.17, 15) is 26.7 Å². The van der Waals surface area contributed by atoms with Gasteiger partial charge >= 0.3 is 18.0 Å². The van der Waals surface area contributed by atoms with E-state index in [1.54, 1.807) is 13.8 Å². The minimum atomic E-state index is -5.83. The number of halogens is 5. The van der Waals surface area contributed by atoms with Crippen molar-refractivity contribution >= 4 is 5.91 Å². The first-order chi connectivity index (χ1) is 7.57. The van der Waals surface area contributed by atoms with Crippen LogP contribution in [0.15, 0.2) is 0 Å². The van der Waals surface area contributed by atoms with Crippen molar-refractivity contribution < 1.29 is 26.7 Å². The van der Waals surface area contributed by atoms with Crippen molar-refractivity contribution in [3.05, 3.63) is 0 Å². The maximum Gasteiger partial charge on any atom is 0.463 e. The van der Waals surface area contributed by atoms with Gasteiger partial charge in [-0.3, -0.25) is 4.79 Å². The molecule has 7 heteroatoms. The normalized spacial score (nSPS) is 17.4. The number of nitrogens with zero attached hydrogens (tertiary/aromatic N) is 1. The van der Waals surface area contributed by atoms with E-state index in [1.165, 1.54) is 0 Å².